The Morgan fingerprint density at radius 3 is 2.28 bits per heavy atom. The number of halogens is 2. The molecule has 32 heavy (non-hydrogen) atoms. The smallest absolute Gasteiger partial charge is 0.276 e. The Morgan fingerprint density at radius 2 is 1.66 bits per heavy atom. The maximum Gasteiger partial charge on any atom is 0.276 e. The van der Waals surface area contributed by atoms with Gasteiger partial charge in [-0.1, -0.05) is 41.9 Å². The van der Waals surface area contributed by atoms with Crippen molar-refractivity contribution in [3.63, 3.8) is 0 Å². The van der Waals surface area contributed by atoms with E-state index in [0.29, 0.717) is 11.3 Å². The van der Waals surface area contributed by atoms with Crippen LogP contribution in [0.3, 0.4) is 0 Å². The van der Waals surface area contributed by atoms with Gasteiger partial charge in [0.25, 0.3) is 11.8 Å². The maximum absolute atomic E-state index is 13.7. The molecule has 2 amide bonds. The number of nitrogens with one attached hydrogen (secondary N) is 2. The highest BCUT2D eigenvalue weighted by molar-refractivity contribution is 6.32. The molecule has 3 aromatic rings. The third-order valence-corrected chi connectivity index (χ3v) is 4.63. The van der Waals surface area contributed by atoms with Gasteiger partial charge in [0, 0.05) is 11.6 Å². The third kappa shape index (κ3) is 6.17. The van der Waals surface area contributed by atoms with E-state index in [2.05, 4.69) is 16.9 Å². The lowest BCUT2D eigenvalue weighted by atomic mass is 10.0. The number of benzene rings is 3. The van der Waals surface area contributed by atoms with E-state index in [-0.39, 0.29) is 17.2 Å². The summed E-state index contributed by atoms with van der Waals surface area (Å²) < 4.78 is 19.1. The van der Waals surface area contributed by atoms with E-state index in [0.717, 1.165) is 17.2 Å². The van der Waals surface area contributed by atoms with Crippen LogP contribution in [0.2, 0.25) is 5.02 Å². The molecule has 0 aliphatic heterocycles. The van der Waals surface area contributed by atoms with E-state index in [9.17, 15) is 14.0 Å². The molecule has 0 bridgehead atoms. The van der Waals surface area contributed by atoms with Gasteiger partial charge in [-0.2, -0.15) is 5.26 Å². The Hall–Kier alpha value is -4.15. The first kappa shape index (κ1) is 22.5. The highest BCUT2D eigenvalue weighted by Crippen LogP contribution is 2.23. The normalized spacial score (nSPS) is 10.4. The van der Waals surface area contributed by atoms with E-state index in [4.69, 9.17) is 21.6 Å². The van der Waals surface area contributed by atoms with Crippen molar-refractivity contribution in [1.82, 2.24) is 10.9 Å². The Kier molecular flexibility index (Phi) is 7.57. The summed E-state index contributed by atoms with van der Waals surface area (Å²) in [5.74, 6) is -1.33. The first-order chi connectivity index (χ1) is 15.5. The van der Waals surface area contributed by atoms with Crippen LogP contribution in [0.5, 0.6) is 5.75 Å². The van der Waals surface area contributed by atoms with Crippen LogP contribution in [0.1, 0.15) is 11.1 Å². The topological polar surface area (TPSA) is 91.2 Å². The Labute approximate surface area is 188 Å². The van der Waals surface area contributed by atoms with Gasteiger partial charge in [0.05, 0.1) is 16.7 Å². The van der Waals surface area contributed by atoms with Gasteiger partial charge >= 0.3 is 0 Å². The first-order valence-corrected chi connectivity index (χ1v) is 9.78. The van der Waals surface area contributed by atoms with Gasteiger partial charge in [-0.3, -0.25) is 20.4 Å². The van der Waals surface area contributed by atoms with E-state index < -0.39 is 17.6 Å². The molecular weight excluding hydrogens is 433 g/mol. The van der Waals surface area contributed by atoms with Gasteiger partial charge in [-0.15, -0.1) is 0 Å². The molecule has 160 valence electrons. The minimum absolute atomic E-state index is 0.0726. The number of hydrazine groups is 1. The molecule has 6 nitrogen and oxygen atoms in total. The molecule has 0 fully saturated rings. The quantitative estimate of drug-likeness (QED) is 0.434. The van der Waals surface area contributed by atoms with Gasteiger partial charge in [0.15, 0.2) is 6.61 Å². The second-order valence-electron chi connectivity index (χ2n) is 6.51. The van der Waals surface area contributed by atoms with E-state index in [1.165, 1.54) is 24.3 Å². The fraction of sp³-hybridized carbons (Fsp3) is 0.0417. The molecule has 0 unspecified atom stereocenters. The van der Waals surface area contributed by atoms with Crippen LogP contribution in [0.4, 0.5) is 4.39 Å². The van der Waals surface area contributed by atoms with Crippen molar-refractivity contribution in [3.05, 3.63) is 94.8 Å². The zero-order valence-corrected chi connectivity index (χ0v) is 17.4. The molecular formula is C24H17ClFN3O3. The number of nitriles is 1. The van der Waals surface area contributed by atoms with Crippen LogP contribution in [-0.4, -0.2) is 18.4 Å². The summed E-state index contributed by atoms with van der Waals surface area (Å²) in [6.45, 7) is -0.320. The number of ether oxygens (including phenoxy) is 1. The maximum atomic E-state index is 13.7. The molecule has 8 heteroatoms. The van der Waals surface area contributed by atoms with Crippen molar-refractivity contribution < 1.29 is 18.7 Å². The Balaban J connectivity index is 1.46. The molecule has 3 rings (SSSR count). The van der Waals surface area contributed by atoms with Crippen molar-refractivity contribution in [2.24, 2.45) is 0 Å². The zero-order valence-electron chi connectivity index (χ0n) is 16.6. The van der Waals surface area contributed by atoms with Crippen LogP contribution in [-0.2, 0) is 9.59 Å². The number of carbonyl (C=O) groups is 2. The number of hydrogen-bond donors (Lipinski definition) is 2. The average Bonchev–Trinajstić information content (AvgIpc) is 2.81. The monoisotopic (exact) mass is 449 g/mol. The molecule has 0 saturated carbocycles. The van der Waals surface area contributed by atoms with E-state index in [1.807, 2.05) is 24.3 Å². The van der Waals surface area contributed by atoms with Crippen molar-refractivity contribution in [2.45, 2.75) is 0 Å². The summed E-state index contributed by atoms with van der Waals surface area (Å²) in [6, 6.07) is 20.5. The van der Waals surface area contributed by atoms with Gasteiger partial charge < -0.3 is 4.74 Å². The highest BCUT2D eigenvalue weighted by Gasteiger charge is 2.06. The fourth-order valence-electron chi connectivity index (χ4n) is 2.67. The van der Waals surface area contributed by atoms with Crippen molar-refractivity contribution in [1.29, 1.82) is 5.26 Å². The third-order valence-electron chi connectivity index (χ3n) is 4.30. The van der Waals surface area contributed by atoms with E-state index in [1.54, 1.807) is 24.3 Å². The molecule has 0 radical (unpaired) electrons. The van der Waals surface area contributed by atoms with Crippen molar-refractivity contribution in [3.8, 4) is 22.9 Å². The first-order valence-electron chi connectivity index (χ1n) is 9.40. The minimum atomic E-state index is -0.663. The fourth-order valence-corrected chi connectivity index (χ4v) is 2.89. The molecule has 0 atom stereocenters. The molecule has 3 aromatic carbocycles. The number of hydrogen-bond acceptors (Lipinski definition) is 4. The second-order valence-corrected chi connectivity index (χ2v) is 6.92. The summed E-state index contributed by atoms with van der Waals surface area (Å²) in [6.07, 6.45) is 2.26. The molecule has 0 spiro atoms. The minimum Gasteiger partial charge on any atom is -0.484 e. The van der Waals surface area contributed by atoms with Crippen LogP contribution in [0.15, 0.2) is 72.8 Å². The summed E-state index contributed by atoms with van der Waals surface area (Å²) in [7, 11) is 0. The van der Waals surface area contributed by atoms with Gasteiger partial charge in [-0.25, -0.2) is 4.39 Å². The summed E-state index contributed by atoms with van der Waals surface area (Å²) in [5.41, 5.74) is 6.90. The summed E-state index contributed by atoms with van der Waals surface area (Å²) in [4.78, 5) is 23.7. The van der Waals surface area contributed by atoms with Gasteiger partial charge in [-0.05, 0) is 53.6 Å². The molecule has 0 aliphatic carbocycles. The number of amides is 2. The predicted molar refractivity (Wildman–Crippen MR) is 119 cm³/mol. The van der Waals surface area contributed by atoms with Gasteiger partial charge in [0.2, 0.25) is 0 Å². The van der Waals surface area contributed by atoms with Crippen molar-refractivity contribution >= 4 is 29.5 Å². The van der Waals surface area contributed by atoms with E-state index >= 15 is 0 Å². The molecule has 0 aromatic heterocycles. The average molecular weight is 450 g/mol. The molecule has 0 heterocycles. The zero-order chi connectivity index (χ0) is 22.9. The van der Waals surface area contributed by atoms with Crippen molar-refractivity contribution in [2.75, 3.05) is 6.61 Å². The summed E-state index contributed by atoms with van der Waals surface area (Å²) in [5, 5.41) is 9.02. The SMILES string of the molecule is N#Cc1ccc(-c2ccc(OCC(=O)NNC(=O)/C=C/c3c(F)cccc3Cl)cc2)cc1. The van der Waals surface area contributed by atoms with Crippen LogP contribution in [0.25, 0.3) is 17.2 Å². The predicted octanol–water partition coefficient (Wildman–Crippen LogP) is 4.26. The molecule has 0 saturated heterocycles. The Bertz CT molecular complexity index is 1170. The van der Waals surface area contributed by atoms with Crippen LogP contribution in [0, 0.1) is 17.1 Å². The molecule has 2 N–H and O–H groups in total. The van der Waals surface area contributed by atoms with Gasteiger partial charge in [0.1, 0.15) is 11.6 Å². The number of rotatable bonds is 6. The number of nitrogens with zero attached hydrogens (tertiary/aromatic N) is 1. The second kappa shape index (κ2) is 10.8. The Morgan fingerprint density at radius 1 is 1.00 bits per heavy atom. The lowest BCUT2D eigenvalue weighted by molar-refractivity contribution is -0.128. The standard InChI is InChI=1S/C24H17ClFN3O3/c25-21-2-1-3-22(26)20(21)12-13-23(30)28-29-24(31)15-32-19-10-8-18(9-11-19)17-6-4-16(14-27)5-7-17/h1-13H,15H2,(H,28,30)(H,29,31)/b13-12+. The summed E-state index contributed by atoms with van der Waals surface area (Å²) >= 11 is 5.88. The lowest BCUT2D eigenvalue weighted by Gasteiger charge is -2.08. The van der Waals surface area contributed by atoms with Crippen LogP contribution < -0.4 is 15.6 Å². The number of carbonyl (C=O) groups excluding carboxylic acids is 2. The largest absolute Gasteiger partial charge is 0.484 e. The molecule has 0 aliphatic rings. The highest BCUT2D eigenvalue weighted by atomic mass is 35.5. The van der Waals surface area contributed by atoms with Crippen LogP contribution >= 0.6 is 11.6 Å². The lowest BCUT2D eigenvalue weighted by Crippen LogP contribution is -2.43.